The highest BCUT2D eigenvalue weighted by Gasteiger charge is 2.30. The Morgan fingerprint density at radius 3 is 2.77 bits per heavy atom. The van der Waals surface area contributed by atoms with Gasteiger partial charge in [-0.05, 0) is 47.2 Å². The van der Waals surface area contributed by atoms with Gasteiger partial charge in [0.15, 0.2) is 5.16 Å². The second-order valence-electron chi connectivity index (χ2n) is 7.54. The van der Waals surface area contributed by atoms with Crippen molar-refractivity contribution >= 4 is 33.9 Å². The van der Waals surface area contributed by atoms with Crippen LogP contribution >= 0.6 is 23.1 Å². The van der Waals surface area contributed by atoms with Gasteiger partial charge in [0.2, 0.25) is 0 Å². The van der Waals surface area contributed by atoms with Gasteiger partial charge < -0.3 is 14.4 Å². The Morgan fingerprint density at radius 2 is 1.97 bits per heavy atom. The maximum Gasteiger partial charge on any atom is 0.191 e. The summed E-state index contributed by atoms with van der Waals surface area (Å²) in [6.07, 6.45) is 2.59. The molecule has 5 rings (SSSR count). The molecule has 2 aromatic carbocycles. The minimum Gasteiger partial charge on any atom is -0.491 e. The van der Waals surface area contributed by atoms with Crippen LogP contribution < -0.4 is 4.74 Å². The van der Waals surface area contributed by atoms with Crippen LogP contribution in [-0.2, 0) is 6.42 Å². The number of hydrogen-bond donors (Lipinski definition) is 1. The Hall–Kier alpha value is -2.35. The van der Waals surface area contributed by atoms with Crippen molar-refractivity contribution in [3.8, 4) is 5.75 Å². The van der Waals surface area contributed by atoms with E-state index in [0.29, 0.717) is 11.8 Å². The first-order valence-corrected chi connectivity index (χ1v) is 12.0. The van der Waals surface area contributed by atoms with Gasteiger partial charge in [-0.1, -0.05) is 48.2 Å². The molecule has 0 radical (unpaired) electrons. The van der Waals surface area contributed by atoms with Crippen molar-refractivity contribution in [2.75, 3.05) is 12.4 Å². The summed E-state index contributed by atoms with van der Waals surface area (Å²) in [6.45, 7) is 0.255. The molecule has 2 aromatic heterocycles. The fraction of sp³-hybridized carbons (Fsp3) is 0.304. The zero-order chi connectivity index (χ0) is 20.3. The summed E-state index contributed by atoms with van der Waals surface area (Å²) >= 11 is 3.30. The molecule has 4 aromatic rings. The largest absolute Gasteiger partial charge is 0.491 e. The zero-order valence-electron chi connectivity index (χ0n) is 16.5. The molecule has 0 bridgehead atoms. The molecule has 0 spiro atoms. The third-order valence-electron chi connectivity index (χ3n) is 5.13. The summed E-state index contributed by atoms with van der Waals surface area (Å²) in [7, 11) is 0. The smallest absolute Gasteiger partial charge is 0.191 e. The molecule has 1 saturated carbocycles. The van der Waals surface area contributed by atoms with Crippen LogP contribution in [0.3, 0.4) is 0 Å². The number of thioether (sulfide) groups is 1. The van der Waals surface area contributed by atoms with E-state index in [0.717, 1.165) is 28.5 Å². The Morgan fingerprint density at radius 1 is 1.10 bits per heavy atom. The summed E-state index contributed by atoms with van der Waals surface area (Å²) in [6, 6.07) is 18.9. The minimum absolute atomic E-state index is 0.255. The van der Waals surface area contributed by atoms with E-state index < -0.39 is 6.10 Å². The molecular formula is C23H23N3O2S2. The molecule has 0 saturated heterocycles. The fourth-order valence-electron chi connectivity index (χ4n) is 3.46. The number of benzene rings is 2. The molecule has 2 heterocycles. The van der Waals surface area contributed by atoms with E-state index in [1.165, 1.54) is 23.1 Å². The van der Waals surface area contributed by atoms with Crippen molar-refractivity contribution in [1.82, 2.24) is 14.8 Å². The number of aliphatic hydroxyl groups is 1. The van der Waals surface area contributed by atoms with Crippen LogP contribution in [0.4, 0.5) is 0 Å². The van der Waals surface area contributed by atoms with Crippen molar-refractivity contribution in [3.05, 3.63) is 70.7 Å². The average molecular weight is 438 g/mol. The number of ether oxygens (including phenoxy) is 1. The minimum atomic E-state index is -0.577. The Labute approximate surface area is 183 Å². The molecule has 30 heavy (non-hydrogen) atoms. The Kier molecular flexibility index (Phi) is 5.75. The van der Waals surface area contributed by atoms with Crippen molar-refractivity contribution < 1.29 is 9.84 Å². The first-order chi connectivity index (χ1) is 14.8. The lowest BCUT2D eigenvalue weighted by Crippen LogP contribution is -2.20. The SMILES string of the molecule is OC(COc1ccc2ccccc2c1)CSc1nnc(Cc2cccs2)n1C1CC1. The first-order valence-electron chi connectivity index (χ1n) is 10.1. The van der Waals surface area contributed by atoms with Crippen molar-refractivity contribution in [2.45, 2.75) is 36.6 Å². The number of thiophene rings is 1. The predicted octanol–water partition coefficient (Wildman–Crippen LogP) is 4.95. The van der Waals surface area contributed by atoms with Gasteiger partial charge in [0.25, 0.3) is 0 Å². The van der Waals surface area contributed by atoms with Crippen LogP contribution in [0.15, 0.2) is 65.1 Å². The molecule has 0 aliphatic heterocycles. The maximum absolute atomic E-state index is 10.4. The Bertz CT molecular complexity index is 1120. The molecule has 1 unspecified atom stereocenters. The lowest BCUT2D eigenvalue weighted by Gasteiger charge is -2.13. The maximum atomic E-state index is 10.4. The molecule has 154 valence electrons. The van der Waals surface area contributed by atoms with Gasteiger partial charge in [0.05, 0.1) is 6.10 Å². The van der Waals surface area contributed by atoms with E-state index >= 15 is 0 Å². The van der Waals surface area contributed by atoms with E-state index in [2.05, 4.69) is 44.4 Å². The highest BCUT2D eigenvalue weighted by Crippen LogP contribution is 2.39. The lowest BCUT2D eigenvalue weighted by molar-refractivity contribution is 0.126. The molecule has 5 nitrogen and oxygen atoms in total. The topological polar surface area (TPSA) is 60.2 Å². The van der Waals surface area contributed by atoms with Gasteiger partial charge in [0.1, 0.15) is 18.2 Å². The predicted molar refractivity (Wildman–Crippen MR) is 122 cm³/mol. The van der Waals surface area contributed by atoms with Crippen LogP contribution in [0, 0.1) is 0 Å². The van der Waals surface area contributed by atoms with Crippen molar-refractivity contribution in [2.24, 2.45) is 0 Å². The standard InChI is InChI=1S/C23H23N3O2S2/c27-19(14-28-20-10-7-16-4-1-2-5-17(16)12-20)15-30-23-25-24-22(26(23)18-8-9-18)13-21-6-3-11-29-21/h1-7,10-12,18-19,27H,8-9,13-15H2. The average Bonchev–Trinajstić information content (AvgIpc) is 3.32. The van der Waals surface area contributed by atoms with Gasteiger partial charge in [-0.3, -0.25) is 0 Å². The van der Waals surface area contributed by atoms with Gasteiger partial charge in [-0.2, -0.15) is 0 Å². The molecule has 1 N–H and O–H groups in total. The molecule has 1 fully saturated rings. The first kappa shape index (κ1) is 19.6. The normalized spacial score (nSPS) is 14.8. The van der Waals surface area contributed by atoms with E-state index in [1.807, 2.05) is 30.3 Å². The number of nitrogens with zero attached hydrogens (tertiary/aromatic N) is 3. The molecule has 1 aliphatic rings. The third-order valence-corrected chi connectivity index (χ3v) is 7.09. The monoisotopic (exact) mass is 437 g/mol. The second kappa shape index (κ2) is 8.79. The quantitative estimate of drug-likeness (QED) is 0.376. The lowest BCUT2D eigenvalue weighted by atomic mass is 10.1. The number of fused-ring (bicyclic) bond motifs is 1. The third kappa shape index (κ3) is 4.53. The molecular weight excluding hydrogens is 414 g/mol. The summed E-state index contributed by atoms with van der Waals surface area (Å²) in [4.78, 5) is 1.30. The highest BCUT2D eigenvalue weighted by molar-refractivity contribution is 7.99. The van der Waals surface area contributed by atoms with Crippen molar-refractivity contribution in [3.63, 3.8) is 0 Å². The Balaban J connectivity index is 1.19. The van der Waals surface area contributed by atoms with Crippen LogP contribution in [0.25, 0.3) is 10.8 Å². The number of aromatic nitrogens is 3. The number of rotatable bonds is 9. The van der Waals surface area contributed by atoms with Crippen LogP contribution in [-0.4, -0.2) is 38.3 Å². The fourth-order valence-corrected chi connectivity index (χ4v) is 5.09. The highest BCUT2D eigenvalue weighted by atomic mass is 32.2. The molecule has 7 heteroatoms. The molecule has 1 atom stereocenters. The zero-order valence-corrected chi connectivity index (χ0v) is 18.1. The number of aliphatic hydroxyl groups excluding tert-OH is 1. The van der Waals surface area contributed by atoms with Crippen LogP contribution in [0.5, 0.6) is 5.75 Å². The van der Waals surface area contributed by atoms with Crippen LogP contribution in [0.2, 0.25) is 0 Å². The van der Waals surface area contributed by atoms with Gasteiger partial charge in [-0.15, -0.1) is 21.5 Å². The van der Waals surface area contributed by atoms with E-state index in [9.17, 15) is 5.11 Å². The molecule has 1 aliphatic carbocycles. The van der Waals surface area contributed by atoms with Gasteiger partial charge in [-0.25, -0.2) is 0 Å². The van der Waals surface area contributed by atoms with E-state index in [-0.39, 0.29) is 6.61 Å². The molecule has 0 amide bonds. The number of hydrogen-bond acceptors (Lipinski definition) is 6. The summed E-state index contributed by atoms with van der Waals surface area (Å²) < 4.78 is 8.09. The summed E-state index contributed by atoms with van der Waals surface area (Å²) in [5.74, 6) is 2.32. The van der Waals surface area contributed by atoms with Crippen molar-refractivity contribution in [1.29, 1.82) is 0 Å². The van der Waals surface area contributed by atoms with Gasteiger partial charge in [0, 0.05) is 23.1 Å². The summed E-state index contributed by atoms with van der Waals surface area (Å²) in [5, 5.41) is 24.6. The van der Waals surface area contributed by atoms with Crippen LogP contribution in [0.1, 0.15) is 29.6 Å². The van der Waals surface area contributed by atoms with E-state index in [4.69, 9.17) is 4.74 Å². The second-order valence-corrected chi connectivity index (χ2v) is 9.56. The summed E-state index contributed by atoms with van der Waals surface area (Å²) in [5.41, 5.74) is 0. The van der Waals surface area contributed by atoms with E-state index in [1.54, 1.807) is 23.1 Å². The van der Waals surface area contributed by atoms with Gasteiger partial charge >= 0.3 is 0 Å².